The summed E-state index contributed by atoms with van der Waals surface area (Å²) >= 11 is 0. The van der Waals surface area contributed by atoms with Crippen LogP contribution in [0.15, 0.2) is 42.5 Å². The predicted molar refractivity (Wildman–Crippen MR) is 118 cm³/mol. The van der Waals surface area contributed by atoms with Crippen molar-refractivity contribution in [2.75, 3.05) is 0 Å². The van der Waals surface area contributed by atoms with Crippen LogP contribution >= 0.6 is 0 Å². The lowest BCUT2D eigenvalue weighted by Gasteiger charge is -2.28. The summed E-state index contributed by atoms with van der Waals surface area (Å²) in [5.74, 6) is -0.181. The SMILES string of the molecule is CC1C(c2ccc(C(=O)C(C)(C)O)cc2)c2ccc(C(=O)C(C)(C)O)cc2C1(C)C. The van der Waals surface area contributed by atoms with Crippen molar-refractivity contribution in [1.29, 1.82) is 0 Å². The van der Waals surface area contributed by atoms with Gasteiger partial charge >= 0.3 is 0 Å². The standard InChI is InChI=1S/C26H32O4/c1-15-21(16-8-10-17(11-9-16)22(27)25(4,5)29)19-13-12-18(23(28)26(6,7)30)14-20(19)24(15,2)3/h8-15,21,29-30H,1-7H3. The molecule has 3 rings (SSSR count). The average molecular weight is 409 g/mol. The third-order valence-corrected chi connectivity index (χ3v) is 6.63. The van der Waals surface area contributed by atoms with Gasteiger partial charge in [0, 0.05) is 17.0 Å². The molecular weight excluding hydrogens is 376 g/mol. The first-order valence-electron chi connectivity index (χ1n) is 10.4. The second kappa shape index (κ2) is 7.14. The normalized spacial score (nSPS) is 20.7. The number of Topliss-reactive ketones (excluding diaryl/α,β-unsaturated/α-hetero) is 2. The van der Waals surface area contributed by atoms with Gasteiger partial charge in [0.15, 0.2) is 11.6 Å². The molecular formula is C26H32O4. The summed E-state index contributed by atoms with van der Waals surface area (Å²) in [5, 5.41) is 20.1. The van der Waals surface area contributed by atoms with Crippen LogP contribution in [0.2, 0.25) is 0 Å². The van der Waals surface area contributed by atoms with Crippen LogP contribution in [0.1, 0.15) is 91.8 Å². The molecule has 0 heterocycles. The number of hydrogen-bond donors (Lipinski definition) is 2. The van der Waals surface area contributed by atoms with Crippen molar-refractivity contribution in [2.45, 2.75) is 71.0 Å². The summed E-state index contributed by atoms with van der Waals surface area (Å²) in [6.07, 6.45) is 0. The van der Waals surface area contributed by atoms with E-state index >= 15 is 0 Å². The summed E-state index contributed by atoms with van der Waals surface area (Å²) in [6.45, 7) is 12.6. The number of carbonyl (C=O) groups excluding carboxylic acids is 2. The highest BCUT2D eigenvalue weighted by atomic mass is 16.3. The Morgan fingerprint density at radius 2 is 1.30 bits per heavy atom. The van der Waals surface area contributed by atoms with Crippen molar-refractivity contribution in [3.63, 3.8) is 0 Å². The van der Waals surface area contributed by atoms with Gasteiger partial charge in [0.1, 0.15) is 11.2 Å². The molecule has 0 saturated carbocycles. The zero-order valence-corrected chi connectivity index (χ0v) is 18.9. The Morgan fingerprint density at radius 1 is 0.833 bits per heavy atom. The molecule has 0 fully saturated rings. The number of rotatable bonds is 5. The number of hydrogen-bond acceptors (Lipinski definition) is 4. The van der Waals surface area contributed by atoms with Gasteiger partial charge in [-0.25, -0.2) is 0 Å². The molecule has 2 atom stereocenters. The zero-order valence-electron chi connectivity index (χ0n) is 18.9. The third-order valence-electron chi connectivity index (χ3n) is 6.63. The van der Waals surface area contributed by atoms with Crippen molar-refractivity contribution in [3.05, 3.63) is 70.3 Å². The second-order valence-electron chi connectivity index (χ2n) is 10.2. The minimum absolute atomic E-state index is 0.132. The average Bonchev–Trinajstić information content (AvgIpc) is 2.85. The molecule has 2 N–H and O–H groups in total. The number of fused-ring (bicyclic) bond motifs is 1. The Morgan fingerprint density at radius 3 is 1.80 bits per heavy atom. The van der Waals surface area contributed by atoms with E-state index in [1.807, 2.05) is 24.3 Å². The van der Waals surface area contributed by atoms with Crippen molar-refractivity contribution in [1.82, 2.24) is 0 Å². The zero-order chi connectivity index (χ0) is 22.6. The Kier molecular flexibility index (Phi) is 5.33. The van der Waals surface area contributed by atoms with Gasteiger partial charge in [0.25, 0.3) is 0 Å². The fourth-order valence-corrected chi connectivity index (χ4v) is 4.47. The highest BCUT2D eigenvalue weighted by molar-refractivity contribution is 6.02. The van der Waals surface area contributed by atoms with Gasteiger partial charge in [-0.2, -0.15) is 0 Å². The molecule has 0 radical (unpaired) electrons. The van der Waals surface area contributed by atoms with Crippen LogP contribution in [0.5, 0.6) is 0 Å². The van der Waals surface area contributed by atoms with E-state index in [9.17, 15) is 19.8 Å². The molecule has 1 aliphatic rings. The fourth-order valence-electron chi connectivity index (χ4n) is 4.47. The molecule has 0 bridgehead atoms. The van der Waals surface area contributed by atoms with Gasteiger partial charge in [0.05, 0.1) is 0 Å². The van der Waals surface area contributed by atoms with Gasteiger partial charge < -0.3 is 10.2 Å². The largest absolute Gasteiger partial charge is 0.382 e. The highest BCUT2D eigenvalue weighted by Gasteiger charge is 2.44. The molecule has 0 spiro atoms. The minimum Gasteiger partial charge on any atom is -0.382 e. The molecule has 4 heteroatoms. The quantitative estimate of drug-likeness (QED) is 0.706. The first kappa shape index (κ1) is 22.4. The Hall–Kier alpha value is -2.30. The van der Waals surface area contributed by atoms with E-state index in [1.54, 1.807) is 18.2 Å². The van der Waals surface area contributed by atoms with Crippen molar-refractivity contribution in [3.8, 4) is 0 Å². The summed E-state index contributed by atoms with van der Waals surface area (Å²) in [5.41, 5.74) is 1.43. The second-order valence-corrected chi connectivity index (χ2v) is 10.2. The van der Waals surface area contributed by atoms with Crippen molar-refractivity contribution in [2.24, 2.45) is 5.92 Å². The van der Waals surface area contributed by atoms with E-state index in [0.717, 1.165) is 11.1 Å². The van der Waals surface area contributed by atoms with E-state index in [4.69, 9.17) is 0 Å². The predicted octanol–water partition coefficient (Wildman–Crippen LogP) is 4.65. The summed E-state index contributed by atoms with van der Waals surface area (Å²) < 4.78 is 0. The summed E-state index contributed by atoms with van der Waals surface area (Å²) in [4.78, 5) is 24.9. The molecule has 2 unspecified atom stereocenters. The molecule has 2 aromatic rings. The van der Waals surface area contributed by atoms with Crippen LogP contribution in [0.3, 0.4) is 0 Å². The first-order chi connectivity index (χ1) is 13.7. The molecule has 1 aliphatic carbocycles. The number of aliphatic hydroxyl groups is 2. The van der Waals surface area contributed by atoms with E-state index < -0.39 is 11.2 Å². The summed E-state index contributed by atoms with van der Waals surface area (Å²) in [6, 6.07) is 13.2. The van der Waals surface area contributed by atoms with Gasteiger partial charge in [0.2, 0.25) is 0 Å². The number of benzene rings is 2. The lowest BCUT2D eigenvalue weighted by Crippen LogP contribution is -2.31. The van der Waals surface area contributed by atoms with Gasteiger partial charge in [-0.05, 0) is 61.8 Å². The molecule has 0 amide bonds. The lowest BCUT2D eigenvalue weighted by molar-refractivity contribution is 0.0487. The monoisotopic (exact) mass is 408 g/mol. The molecule has 0 saturated heterocycles. The van der Waals surface area contributed by atoms with E-state index in [1.165, 1.54) is 33.3 Å². The van der Waals surface area contributed by atoms with Gasteiger partial charge in [-0.15, -0.1) is 0 Å². The molecule has 0 aromatic heterocycles. The van der Waals surface area contributed by atoms with Crippen LogP contribution in [0.4, 0.5) is 0 Å². The minimum atomic E-state index is -1.41. The molecule has 0 aliphatic heterocycles. The maximum absolute atomic E-state index is 12.6. The van der Waals surface area contributed by atoms with Crippen molar-refractivity contribution >= 4 is 11.6 Å². The van der Waals surface area contributed by atoms with Gasteiger partial charge in [-0.1, -0.05) is 57.2 Å². The summed E-state index contributed by atoms with van der Waals surface area (Å²) in [7, 11) is 0. The van der Waals surface area contributed by atoms with E-state index in [-0.39, 0.29) is 28.8 Å². The molecule has 4 nitrogen and oxygen atoms in total. The topological polar surface area (TPSA) is 74.6 Å². The van der Waals surface area contributed by atoms with Crippen molar-refractivity contribution < 1.29 is 19.8 Å². The fraction of sp³-hybridized carbons (Fsp3) is 0.462. The third kappa shape index (κ3) is 3.75. The molecule has 2 aromatic carbocycles. The van der Waals surface area contributed by atoms with Crippen LogP contribution in [-0.2, 0) is 5.41 Å². The Balaban J connectivity index is 2.03. The highest BCUT2D eigenvalue weighted by Crippen LogP contribution is 2.53. The van der Waals surface area contributed by atoms with Crippen LogP contribution in [0, 0.1) is 5.92 Å². The van der Waals surface area contributed by atoms with E-state index in [2.05, 4.69) is 20.8 Å². The maximum Gasteiger partial charge on any atom is 0.193 e. The van der Waals surface area contributed by atoms with Crippen LogP contribution in [0.25, 0.3) is 0 Å². The maximum atomic E-state index is 12.6. The molecule has 30 heavy (non-hydrogen) atoms. The Labute approximate surface area is 179 Å². The van der Waals surface area contributed by atoms with E-state index in [0.29, 0.717) is 11.1 Å². The lowest BCUT2D eigenvalue weighted by atomic mass is 9.75. The number of carbonyl (C=O) groups is 2. The first-order valence-corrected chi connectivity index (χ1v) is 10.4. The molecule has 160 valence electrons. The smallest absolute Gasteiger partial charge is 0.193 e. The van der Waals surface area contributed by atoms with Crippen LogP contribution in [-0.4, -0.2) is 33.0 Å². The van der Waals surface area contributed by atoms with Gasteiger partial charge in [-0.3, -0.25) is 9.59 Å². The van der Waals surface area contributed by atoms with Crippen LogP contribution < -0.4 is 0 Å². The Bertz CT molecular complexity index is 985. The number of ketones is 2.